The molecule has 0 spiro atoms. The first-order valence-corrected chi connectivity index (χ1v) is 3.86. The number of carbonyl (C=O) groups excluding carboxylic acids is 1. The summed E-state index contributed by atoms with van der Waals surface area (Å²) in [5.41, 5.74) is 0. The number of carboxylic acid groups (broad SMARTS) is 2. The van der Waals surface area contributed by atoms with Gasteiger partial charge in [0.25, 0.3) is 0 Å². The molecule has 0 fully saturated rings. The summed E-state index contributed by atoms with van der Waals surface area (Å²) in [6.45, 7) is 0. The van der Waals surface area contributed by atoms with Crippen molar-refractivity contribution in [3.05, 3.63) is 21.2 Å². The van der Waals surface area contributed by atoms with Crippen LogP contribution in [0, 0.1) is 0 Å². The summed E-state index contributed by atoms with van der Waals surface area (Å²) in [5.74, 6) is -3.15. The first-order valence-electron chi connectivity index (χ1n) is 2.73. The van der Waals surface area contributed by atoms with Crippen molar-refractivity contribution < 1.29 is 19.8 Å². The van der Waals surface area contributed by atoms with E-state index < -0.39 is 27.0 Å². The van der Waals surface area contributed by atoms with E-state index in [4.69, 9.17) is 39.9 Å². The van der Waals surface area contributed by atoms with Gasteiger partial charge in [0.2, 0.25) is 0 Å². The van der Waals surface area contributed by atoms with Crippen molar-refractivity contribution in [3.8, 4) is 0 Å². The van der Waals surface area contributed by atoms with Gasteiger partial charge in [-0.15, -0.1) is 0 Å². The zero-order valence-corrected chi connectivity index (χ0v) is 8.15. The van der Waals surface area contributed by atoms with Gasteiger partial charge in [-0.1, -0.05) is 34.8 Å². The van der Waals surface area contributed by atoms with E-state index in [1.54, 1.807) is 0 Å². The average molecular weight is 244 g/mol. The van der Waals surface area contributed by atoms with Gasteiger partial charge < -0.3 is 15.0 Å². The molecule has 0 aliphatic carbocycles. The lowest BCUT2D eigenvalue weighted by Gasteiger charge is -1.98. The average Bonchev–Trinajstić information content (AvgIpc) is 2.02. The molecule has 1 N–H and O–H groups in total. The second-order valence-corrected chi connectivity index (χ2v) is 2.94. The van der Waals surface area contributed by atoms with Gasteiger partial charge in [0.05, 0.1) is 16.0 Å². The molecule has 0 aliphatic rings. The van der Waals surface area contributed by atoms with Crippen molar-refractivity contribution in [1.29, 1.82) is 0 Å². The van der Waals surface area contributed by atoms with Crippen LogP contribution in [0.2, 0.25) is 0 Å². The maximum absolute atomic E-state index is 10.2. The number of halogens is 3. The zero-order valence-electron chi connectivity index (χ0n) is 5.88. The molecule has 0 bridgehead atoms. The normalized spacial score (nSPS) is 13.6. The van der Waals surface area contributed by atoms with E-state index in [0.29, 0.717) is 6.08 Å². The molecule has 72 valence electrons. The topological polar surface area (TPSA) is 77.4 Å². The molecule has 0 amide bonds. The number of hydrogen-bond donors (Lipinski definition) is 1. The van der Waals surface area contributed by atoms with Crippen molar-refractivity contribution in [2.24, 2.45) is 0 Å². The molecule has 0 aromatic heterocycles. The Morgan fingerprint density at radius 2 is 1.69 bits per heavy atom. The van der Waals surface area contributed by atoms with Crippen LogP contribution in [0.15, 0.2) is 21.2 Å². The van der Waals surface area contributed by atoms with E-state index in [1.165, 1.54) is 0 Å². The minimum Gasteiger partial charge on any atom is -0.544 e. The molecule has 0 heterocycles. The Morgan fingerprint density at radius 1 is 1.23 bits per heavy atom. The van der Waals surface area contributed by atoms with E-state index in [0.717, 1.165) is 0 Å². The van der Waals surface area contributed by atoms with Crippen LogP contribution in [-0.2, 0) is 9.59 Å². The Hall–Kier alpha value is -0.710. The van der Waals surface area contributed by atoms with Crippen molar-refractivity contribution >= 4 is 46.7 Å². The van der Waals surface area contributed by atoms with Crippen LogP contribution in [0.4, 0.5) is 0 Å². The monoisotopic (exact) mass is 243 g/mol. The minimum atomic E-state index is -1.67. The summed E-state index contributed by atoms with van der Waals surface area (Å²) in [7, 11) is 0. The van der Waals surface area contributed by atoms with Gasteiger partial charge in [-0.05, 0) is 6.08 Å². The van der Waals surface area contributed by atoms with Crippen LogP contribution in [0.1, 0.15) is 0 Å². The Balaban J connectivity index is 4.92. The molecule has 0 saturated heterocycles. The molecule has 13 heavy (non-hydrogen) atoms. The van der Waals surface area contributed by atoms with Crippen LogP contribution >= 0.6 is 34.8 Å². The smallest absolute Gasteiger partial charge is 0.348 e. The number of allylic oxidation sites excluding steroid dienone is 2. The van der Waals surface area contributed by atoms with E-state index >= 15 is 0 Å². The molecule has 0 saturated carbocycles. The standard InChI is InChI=1S/C6H3Cl3O4/c7-2(4(9)6(12)13)1-3(8)5(10)11/h1H,(H,10,11)(H,12,13)/p-1/b3-1+,4-2-. The molecule has 0 aromatic carbocycles. The predicted octanol–water partition coefficient (Wildman–Crippen LogP) is 0.633. The summed E-state index contributed by atoms with van der Waals surface area (Å²) >= 11 is 15.5. The van der Waals surface area contributed by atoms with Crippen molar-refractivity contribution in [2.45, 2.75) is 0 Å². The summed E-state index contributed by atoms with van der Waals surface area (Å²) in [6, 6.07) is 0. The number of aliphatic carboxylic acids is 2. The molecule has 4 nitrogen and oxygen atoms in total. The zero-order chi connectivity index (χ0) is 10.6. The third kappa shape index (κ3) is 4.17. The molecule has 7 heteroatoms. The Labute approximate surface area is 88.0 Å². The second-order valence-electron chi connectivity index (χ2n) is 1.75. The fourth-order valence-electron chi connectivity index (χ4n) is 0.336. The summed E-state index contributed by atoms with van der Waals surface area (Å²) in [4.78, 5) is 20.2. The van der Waals surface area contributed by atoms with Crippen molar-refractivity contribution in [2.75, 3.05) is 0 Å². The van der Waals surface area contributed by atoms with E-state index in [2.05, 4.69) is 0 Å². The quantitative estimate of drug-likeness (QED) is 0.583. The van der Waals surface area contributed by atoms with Crippen LogP contribution in [-0.4, -0.2) is 17.0 Å². The van der Waals surface area contributed by atoms with Gasteiger partial charge in [0, 0.05) is 0 Å². The predicted molar refractivity (Wildman–Crippen MR) is 45.3 cm³/mol. The highest BCUT2D eigenvalue weighted by Crippen LogP contribution is 2.18. The lowest BCUT2D eigenvalue weighted by atomic mass is 10.4. The molecule has 0 aromatic rings. The first-order chi connectivity index (χ1) is 5.86. The number of carboxylic acids is 2. The maximum Gasteiger partial charge on any atom is 0.348 e. The highest BCUT2D eigenvalue weighted by molar-refractivity contribution is 6.49. The van der Waals surface area contributed by atoms with Crippen LogP contribution in [0.3, 0.4) is 0 Å². The highest BCUT2D eigenvalue weighted by Gasteiger charge is 2.08. The highest BCUT2D eigenvalue weighted by atomic mass is 35.5. The Morgan fingerprint density at radius 3 is 2.00 bits per heavy atom. The van der Waals surface area contributed by atoms with Crippen molar-refractivity contribution in [3.63, 3.8) is 0 Å². The molecule has 0 rings (SSSR count). The van der Waals surface area contributed by atoms with E-state index in [-0.39, 0.29) is 0 Å². The van der Waals surface area contributed by atoms with Crippen LogP contribution in [0.5, 0.6) is 0 Å². The molecular formula is C6H2Cl3O4-. The van der Waals surface area contributed by atoms with Crippen molar-refractivity contribution in [1.82, 2.24) is 0 Å². The van der Waals surface area contributed by atoms with E-state index in [9.17, 15) is 14.7 Å². The number of rotatable bonds is 3. The Kier molecular flexibility index (Phi) is 4.83. The lowest BCUT2D eigenvalue weighted by molar-refractivity contribution is -0.298. The van der Waals surface area contributed by atoms with Crippen LogP contribution in [0.25, 0.3) is 0 Å². The fraction of sp³-hybridized carbons (Fsp3) is 0. The summed E-state index contributed by atoms with van der Waals surface area (Å²) in [5, 5.41) is 16.4. The molecule has 0 radical (unpaired) electrons. The number of carbonyl (C=O) groups is 2. The third-order valence-electron chi connectivity index (χ3n) is 0.846. The third-order valence-corrected chi connectivity index (χ3v) is 1.87. The largest absolute Gasteiger partial charge is 0.544 e. The molecule has 0 aliphatic heterocycles. The maximum atomic E-state index is 10.2. The number of hydrogen-bond acceptors (Lipinski definition) is 3. The molecular weight excluding hydrogens is 242 g/mol. The summed E-state index contributed by atoms with van der Waals surface area (Å²) in [6.07, 6.45) is 0.675. The van der Waals surface area contributed by atoms with Gasteiger partial charge in [-0.3, -0.25) is 0 Å². The second kappa shape index (κ2) is 5.11. The van der Waals surface area contributed by atoms with Gasteiger partial charge in [-0.2, -0.15) is 0 Å². The van der Waals surface area contributed by atoms with Gasteiger partial charge >= 0.3 is 5.97 Å². The lowest BCUT2D eigenvalue weighted by Crippen LogP contribution is -2.22. The van der Waals surface area contributed by atoms with Gasteiger partial charge in [-0.25, -0.2) is 4.79 Å². The van der Waals surface area contributed by atoms with Crippen LogP contribution < -0.4 is 5.11 Å². The van der Waals surface area contributed by atoms with Gasteiger partial charge in [0.15, 0.2) is 0 Å². The van der Waals surface area contributed by atoms with Gasteiger partial charge in [0.1, 0.15) is 5.03 Å². The molecule has 0 atom stereocenters. The molecule has 0 unspecified atom stereocenters. The first kappa shape index (κ1) is 12.3. The Bertz CT molecular complexity index is 305. The summed E-state index contributed by atoms with van der Waals surface area (Å²) < 4.78 is 0. The SMILES string of the molecule is O=C(O)/C(Cl)=C(Cl)\C=C(\Cl)C(=O)[O-]. The fourth-order valence-corrected chi connectivity index (χ4v) is 0.745. The van der Waals surface area contributed by atoms with E-state index in [1.807, 2.05) is 0 Å². The minimum absolute atomic E-state index is 0.483.